The Morgan fingerprint density at radius 1 is 1.26 bits per heavy atom. The number of ether oxygens (including phenoxy) is 1. The predicted octanol–water partition coefficient (Wildman–Crippen LogP) is 4.62. The van der Waals surface area contributed by atoms with Gasteiger partial charge in [0.2, 0.25) is 5.88 Å². The molecule has 0 aliphatic rings. The summed E-state index contributed by atoms with van der Waals surface area (Å²) in [7, 11) is 0. The smallest absolute Gasteiger partial charge is 0.219 e. The zero-order valence-corrected chi connectivity index (χ0v) is 11.7. The van der Waals surface area contributed by atoms with Gasteiger partial charge < -0.3 is 4.74 Å². The minimum Gasteiger partial charge on any atom is -0.436 e. The molecule has 0 radical (unpaired) electrons. The van der Waals surface area contributed by atoms with E-state index in [-0.39, 0.29) is 5.75 Å². The van der Waals surface area contributed by atoms with Crippen molar-refractivity contribution < 1.29 is 9.13 Å². The molecular formula is C15H15ClFNO. The van der Waals surface area contributed by atoms with Gasteiger partial charge in [-0.25, -0.2) is 9.37 Å². The first-order valence-electron chi connectivity index (χ1n) is 6.12. The van der Waals surface area contributed by atoms with Gasteiger partial charge in [-0.2, -0.15) is 0 Å². The van der Waals surface area contributed by atoms with Crippen molar-refractivity contribution >= 4 is 11.6 Å². The maximum Gasteiger partial charge on any atom is 0.219 e. The van der Waals surface area contributed by atoms with Gasteiger partial charge >= 0.3 is 0 Å². The zero-order chi connectivity index (χ0) is 13.8. The first-order valence-corrected chi connectivity index (χ1v) is 6.65. The Morgan fingerprint density at radius 3 is 2.74 bits per heavy atom. The Hall–Kier alpha value is -1.61. The van der Waals surface area contributed by atoms with Gasteiger partial charge in [0.15, 0.2) is 11.6 Å². The molecule has 1 aromatic heterocycles. The molecule has 2 rings (SSSR count). The van der Waals surface area contributed by atoms with Crippen LogP contribution in [0, 0.1) is 12.7 Å². The van der Waals surface area contributed by atoms with Gasteiger partial charge in [0, 0.05) is 17.6 Å². The summed E-state index contributed by atoms with van der Waals surface area (Å²) < 4.78 is 19.2. The number of aromatic nitrogens is 1. The number of nitrogens with zero attached hydrogens (tertiary/aromatic N) is 1. The van der Waals surface area contributed by atoms with E-state index in [1.165, 1.54) is 6.07 Å². The molecule has 0 aliphatic heterocycles. The standard InChI is InChI=1S/C15H15ClFNO/c1-3-12-7-11(9-16)8-15(18-12)19-14-6-10(2)4-5-13(14)17/h4-8H,3,9H2,1-2H3. The van der Waals surface area contributed by atoms with E-state index >= 15 is 0 Å². The van der Waals surface area contributed by atoms with Gasteiger partial charge in [-0.3, -0.25) is 0 Å². The van der Waals surface area contributed by atoms with Crippen LogP contribution in [-0.2, 0) is 12.3 Å². The molecule has 0 fully saturated rings. The molecule has 4 heteroatoms. The van der Waals surface area contributed by atoms with E-state index in [2.05, 4.69) is 4.98 Å². The molecule has 0 saturated carbocycles. The maximum atomic E-state index is 13.6. The number of pyridine rings is 1. The van der Waals surface area contributed by atoms with Crippen molar-refractivity contribution in [2.24, 2.45) is 0 Å². The Labute approximate surface area is 117 Å². The fraction of sp³-hybridized carbons (Fsp3) is 0.267. The maximum absolute atomic E-state index is 13.6. The van der Waals surface area contributed by atoms with E-state index in [1.54, 1.807) is 18.2 Å². The molecule has 2 aromatic rings. The first kappa shape index (κ1) is 13.8. The van der Waals surface area contributed by atoms with Gasteiger partial charge in [-0.15, -0.1) is 11.6 Å². The van der Waals surface area contributed by atoms with Crippen LogP contribution in [0.1, 0.15) is 23.7 Å². The third-order valence-corrected chi connectivity index (χ3v) is 3.04. The fourth-order valence-corrected chi connectivity index (χ4v) is 1.89. The van der Waals surface area contributed by atoms with E-state index in [1.807, 2.05) is 19.9 Å². The summed E-state index contributed by atoms with van der Waals surface area (Å²) in [4.78, 5) is 4.32. The van der Waals surface area contributed by atoms with E-state index < -0.39 is 5.82 Å². The number of rotatable bonds is 4. The van der Waals surface area contributed by atoms with E-state index in [9.17, 15) is 4.39 Å². The van der Waals surface area contributed by atoms with Gasteiger partial charge in [0.25, 0.3) is 0 Å². The summed E-state index contributed by atoms with van der Waals surface area (Å²) in [5, 5.41) is 0. The number of halogens is 2. The Kier molecular flexibility index (Phi) is 4.38. The van der Waals surface area contributed by atoms with E-state index in [4.69, 9.17) is 16.3 Å². The van der Waals surface area contributed by atoms with Crippen LogP contribution in [0.25, 0.3) is 0 Å². The topological polar surface area (TPSA) is 22.1 Å². The third kappa shape index (κ3) is 3.44. The molecule has 0 bridgehead atoms. The van der Waals surface area contributed by atoms with Crippen molar-refractivity contribution in [3.8, 4) is 11.6 Å². The van der Waals surface area contributed by atoms with Crippen LogP contribution in [0.2, 0.25) is 0 Å². The van der Waals surface area contributed by atoms with Crippen LogP contribution in [0.4, 0.5) is 4.39 Å². The van der Waals surface area contributed by atoms with Gasteiger partial charge in [0.05, 0.1) is 0 Å². The highest BCUT2D eigenvalue weighted by Gasteiger charge is 2.08. The second kappa shape index (κ2) is 6.02. The van der Waals surface area contributed by atoms with Crippen LogP contribution in [0.5, 0.6) is 11.6 Å². The molecule has 0 spiro atoms. The third-order valence-electron chi connectivity index (χ3n) is 2.73. The van der Waals surface area contributed by atoms with Crippen molar-refractivity contribution in [2.75, 3.05) is 0 Å². The van der Waals surface area contributed by atoms with Crippen molar-refractivity contribution in [1.82, 2.24) is 4.98 Å². The molecular weight excluding hydrogens is 265 g/mol. The Balaban J connectivity index is 2.34. The lowest BCUT2D eigenvalue weighted by Gasteiger charge is -2.09. The Morgan fingerprint density at radius 2 is 2.05 bits per heavy atom. The molecule has 1 aromatic carbocycles. The first-order chi connectivity index (χ1) is 9.12. The lowest BCUT2D eigenvalue weighted by molar-refractivity contribution is 0.425. The SMILES string of the molecule is CCc1cc(CCl)cc(Oc2cc(C)ccc2F)n1. The second-order valence-corrected chi connectivity index (χ2v) is 4.60. The van der Waals surface area contributed by atoms with Crippen molar-refractivity contribution in [1.29, 1.82) is 0 Å². The normalized spacial score (nSPS) is 10.5. The number of aryl methyl sites for hydroxylation is 2. The van der Waals surface area contributed by atoms with Gasteiger partial charge in [-0.05, 0) is 42.7 Å². The van der Waals surface area contributed by atoms with E-state index in [0.717, 1.165) is 23.2 Å². The number of benzene rings is 1. The lowest BCUT2D eigenvalue weighted by atomic mass is 10.2. The molecule has 0 saturated heterocycles. The van der Waals surface area contributed by atoms with Crippen molar-refractivity contribution in [3.05, 3.63) is 53.0 Å². The quantitative estimate of drug-likeness (QED) is 0.762. The van der Waals surface area contributed by atoms with Crippen LogP contribution < -0.4 is 4.74 Å². The molecule has 100 valence electrons. The Bertz CT molecular complexity index is 564. The highest BCUT2D eigenvalue weighted by molar-refractivity contribution is 6.17. The molecule has 1 heterocycles. The highest BCUT2D eigenvalue weighted by Crippen LogP contribution is 2.25. The average molecular weight is 280 g/mol. The summed E-state index contributed by atoms with van der Waals surface area (Å²) >= 11 is 5.83. The minimum atomic E-state index is -0.401. The summed E-state index contributed by atoms with van der Waals surface area (Å²) in [6.45, 7) is 3.88. The number of hydrogen-bond acceptors (Lipinski definition) is 2. The molecule has 0 unspecified atom stereocenters. The van der Waals surface area contributed by atoms with Crippen molar-refractivity contribution in [3.63, 3.8) is 0 Å². The van der Waals surface area contributed by atoms with Crippen LogP contribution in [0.15, 0.2) is 30.3 Å². The minimum absolute atomic E-state index is 0.182. The van der Waals surface area contributed by atoms with Crippen molar-refractivity contribution in [2.45, 2.75) is 26.1 Å². The molecule has 0 N–H and O–H groups in total. The molecule has 0 atom stereocenters. The van der Waals surface area contributed by atoms with Gasteiger partial charge in [0.1, 0.15) is 0 Å². The molecule has 19 heavy (non-hydrogen) atoms. The molecule has 0 amide bonds. The zero-order valence-electron chi connectivity index (χ0n) is 10.9. The predicted molar refractivity (Wildman–Crippen MR) is 74.4 cm³/mol. The van der Waals surface area contributed by atoms with E-state index in [0.29, 0.717) is 11.8 Å². The summed E-state index contributed by atoms with van der Waals surface area (Å²) in [6.07, 6.45) is 0.775. The number of hydrogen-bond donors (Lipinski definition) is 0. The summed E-state index contributed by atoms with van der Waals surface area (Å²) in [5.41, 5.74) is 2.72. The van der Waals surface area contributed by atoms with Crippen LogP contribution in [-0.4, -0.2) is 4.98 Å². The fourth-order valence-electron chi connectivity index (χ4n) is 1.73. The summed E-state index contributed by atoms with van der Waals surface area (Å²) in [6, 6.07) is 8.38. The molecule has 2 nitrogen and oxygen atoms in total. The summed E-state index contributed by atoms with van der Waals surface area (Å²) in [5.74, 6) is 0.532. The largest absolute Gasteiger partial charge is 0.436 e. The highest BCUT2D eigenvalue weighted by atomic mass is 35.5. The second-order valence-electron chi connectivity index (χ2n) is 4.33. The molecule has 0 aliphatic carbocycles. The lowest BCUT2D eigenvalue weighted by Crippen LogP contribution is -1.96. The monoisotopic (exact) mass is 279 g/mol. The van der Waals surface area contributed by atoms with Gasteiger partial charge in [-0.1, -0.05) is 13.0 Å². The van der Waals surface area contributed by atoms with Crippen LogP contribution >= 0.6 is 11.6 Å². The number of alkyl halides is 1. The average Bonchev–Trinajstić information content (AvgIpc) is 2.42. The van der Waals surface area contributed by atoms with Crippen LogP contribution in [0.3, 0.4) is 0 Å².